The van der Waals surface area contributed by atoms with Crippen molar-refractivity contribution < 1.29 is 4.74 Å². The van der Waals surface area contributed by atoms with Crippen LogP contribution in [0.4, 0.5) is 0 Å². The van der Waals surface area contributed by atoms with E-state index in [1.807, 2.05) is 30.5 Å². The van der Waals surface area contributed by atoms with E-state index in [9.17, 15) is 0 Å². The second-order valence-electron chi connectivity index (χ2n) is 6.38. The molecule has 1 unspecified atom stereocenters. The van der Waals surface area contributed by atoms with E-state index < -0.39 is 0 Å². The third kappa shape index (κ3) is 3.23. The summed E-state index contributed by atoms with van der Waals surface area (Å²) in [7, 11) is 0. The normalized spacial score (nSPS) is 18.0. The van der Waals surface area contributed by atoms with Gasteiger partial charge in [0.25, 0.3) is 0 Å². The lowest BCUT2D eigenvalue weighted by atomic mass is 10.1. The van der Waals surface area contributed by atoms with Crippen LogP contribution < -0.4 is 4.74 Å². The number of benzene rings is 2. The maximum atomic E-state index is 6.16. The van der Waals surface area contributed by atoms with Crippen LogP contribution in [0.5, 0.6) is 5.75 Å². The molecule has 2 aromatic carbocycles. The van der Waals surface area contributed by atoms with Gasteiger partial charge in [0, 0.05) is 41.8 Å². The highest BCUT2D eigenvalue weighted by molar-refractivity contribution is 6.30. The fraction of sp³-hybridized carbons (Fsp3) is 0.250. The van der Waals surface area contributed by atoms with Gasteiger partial charge >= 0.3 is 0 Å². The molecule has 0 aliphatic carbocycles. The van der Waals surface area contributed by atoms with Crippen LogP contribution in [0.3, 0.4) is 0 Å². The Hall–Kier alpha value is -2.10. The van der Waals surface area contributed by atoms with Crippen molar-refractivity contribution in [2.24, 2.45) is 0 Å². The summed E-state index contributed by atoms with van der Waals surface area (Å²) < 4.78 is 6.04. The van der Waals surface area contributed by atoms with E-state index in [-0.39, 0.29) is 6.10 Å². The number of fused-ring (bicyclic) bond motifs is 2. The summed E-state index contributed by atoms with van der Waals surface area (Å²) in [6.07, 6.45) is 1.98. The second-order valence-corrected chi connectivity index (χ2v) is 6.82. The van der Waals surface area contributed by atoms with Crippen LogP contribution in [0, 0.1) is 0 Å². The molecule has 0 radical (unpaired) electrons. The van der Waals surface area contributed by atoms with E-state index in [2.05, 4.69) is 41.1 Å². The van der Waals surface area contributed by atoms with Crippen LogP contribution in [0.2, 0.25) is 5.02 Å². The molecule has 0 amide bonds. The Morgan fingerprint density at radius 3 is 3.04 bits per heavy atom. The number of nitrogens with zero attached hydrogens (tertiary/aromatic N) is 2. The van der Waals surface area contributed by atoms with Crippen molar-refractivity contribution in [3.63, 3.8) is 0 Å². The summed E-state index contributed by atoms with van der Waals surface area (Å²) in [5.74, 6) is 0.942. The van der Waals surface area contributed by atoms with Crippen LogP contribution in [0.25, 0.3) is 10.9 Å². The number of rotatable bonds is 2. The molecule has 122 valence electrons. The van der Waals surface area contributed by atoms with Crippen LogP contribution in [0.15, 0.2) is 54.7 Å². The van der Waals surface area contributed by atoms with Crippen LogP contribution >= 0.6 is 11.6 Å². The molecule has 0 saturated heterocycles. The van der Waals surface area contributed by atoms with E-state index >= 15 is 0 Å². The first-order valence-corrected chi connectivity index (χ1v) is 8.56. The number of halogens is 1. The smallest absolute Gasteiger partial charge is 0.124 e. The van der Waals surface area contributed by atoms with Crippen molar-refractivity contribution in [3.8, 4) is 5.75 Å². The monoisotopic (exact) mass is 338 g/mol. The van der Waals surface area contributed by atoms with Crippen molar-refractivity contribution >= 4 is 22.5 Å². The Kier molecular flexibility index (Phi) is 4.13. The summed E-state index contributed by atoms with van der Waals surface area (Å²) in [5, 5.41) is 1.93. The topological polar surface area (TPSA) is 25.4 Å². The summed E-state index contributed by atoms with van der Waals surface area (Å²) in [5.41, 5.74) is 3.47. The molecule has 0 fully saturated rings. The molecule has 1 atom stereocenters. The zero-order chi connectivity index (χ0) is 16.5. The fourth-order valence-corrected chi connectivity index (χ4v) is 3.51. The van der Waals surface area contributed by atoms with Crippen molar-refractivity contribution in [1.29, 1.82) is 0 Å². The van der Waals surface area contributed by atoms with Crippen molar-refractivity contribution in [2.45, 2.75) is 26.1 Å². The Balaban J connectivity index is 1.60. The maximum absolute atomic E-state index is 6.16. The molecular formula is C20H19ClN2O. The van der Waals surface area contributed by atoms with Crippen LogP contribution in [0.1, 0.15) is 18.1 Å². The average molecular weight is 339 g/mol. The molecule has 0 spiro atoms. The number of ether oxygens (including phenoxy) is 1. The molecule has 4 heteroatoms. The summed E-state index contributed by atoms with van der Waals surface area (Å²) >= 11 is 6.16. The number of hydrogen-bond donors (Lipinski definition) is 0. The van der Waals surface area contributed by atoms with Gasteiger partial charge in [0.1, 0.15) is 11.9 Å². The Morgan fingerprint density at radius 1 is 1.21 bits per heavy atom. The third-order valence-corrected chi connectivity index (χ3v) is 4.57. The van der Waals surface area contributed by atoms with Crippen molar-refractivity contribution in [1.82, 2.24) is 9.88 Å². The fourth-order valence-electron chi connectivity index (χ4n) is 3.31. The Morgan fingerprint density at radius 2 is 2.12 bits per heavy atom. The predicted octanol–water partition coefficient (Wildman–Crippen LogP) is 4.67. The highest BCUT2D eigenvalue weighted by atomic mass is 35.5. The summed E-state index contributed by atoms with van der Waals surface area (Å²) in [6, 6.07) is 16.4. The predicted molar refractivity (Wildman–Crippen MR) is 97.4 cm³/mol. The van der Waals surface area contributed by atoms with Gasteiger partial charge in [-0.15, -0.1) is 0 Å². The number of pyridine rings is 1. The average Bonchev–Trinajstić information content (AvgIpc) is 2.72. The molecular weight excluding hydrogens is 320 g/mol. The van der Waals surface area contributed by atoms with E-state index in [0.717, 1.165) is 41.5 Å². The van der Waals surface area contributed by atoms with Gasteiger partial charge in [0.15, 0.2) is 0 Å². The minimum Gasteiger partial charge on any atom is -0.489 e. The van der Waals surface area contributed by atoms with Gasteiger partial charge in [0.2, 0.25) is 0 Å². The molecule has 1 aliphatic heterocycles. The second kappa shape index (κ2) is 6.42. The lowest BCUT2D eigenvalue weighted by Crippen LogP contribution is -2.30. The highest BCUT2D eigenvalue weighted by Gasteiger charge is 2.20. The lowest BCUT2D eigenvalue weighted by molar-refractivity contribution is 0.156. The molecule has 1 aliphatic rings. The van der Waals surface area contributed by atoms with E-state index in [4.69, 9.17) is 16.3 Å². The SMILES string of the molecule is CC1CN(Cc2ccc3ncccc3c2)Cc2cc(Cl)ccc2O1. The summed E-state index contributed by atoms with van der Waals surface area (Å²) in [4.78, 5) is 6.79. The quantitative estimate of drug-likeness (QED) is 0.679. The standard InChI is InChI=1S/C20H19ClN2O/c1-14-11-23(13-17-10-18(21)5-7-20(17)24-14)12-15-4-6-19-16(9-15)3-2-8-22-19/h2-10,14H,11-13H2,1H3. The molecule has 0 bridgehead atoms. The zero-order valence-electron chi connectivity index (χ0n) is 13.6. The molecule has 4 rings (SSSR count). The van der Waals surface area contributed by atoms with Crippen molar-refractivity contribution in [2.75, 3.05) is 6.54 Å². The van der Waals surface area contributed by atoms with Gasteiger partial charge in [-0.25, -0.2) is 0 Å². The minimum absolute atomic E-state index is 0.148. The first-order valence-electron chi connectivity index (χ1n) is 8.18. The van der Waals surface area contributed by atoms with Gasteiger partial charge in [0.05, 0.1) is 5.52 Å². The van der Waals surface area contributed by atoms with Gasteiger partial charge in [-0.3, -0.25) is 9.88 Å². The molecule has 0 N–H and O–H groups in total. The maximum Gasteiger partial charge on any atom is 0.124 e. The van der Waals surface area contributed by atoms with E-state index in [0.29, 0.717) is 0 Å². The van der Waals surface area contributed by atoms with Gasteiger partial charge in [-0.05, 0) is 48.9 Å². The van der Waals surface area contributed by atoms with Crippen LogP contribution in [-0.2, 0) is 13.1 Å². The van der Waals surface area contributed by atoms with Crippen molar-refractivity contribution in [3.05, 3.63) is 70.9 Å². The molecule has 2 heterocycles. The van der Waals surface area contributed by atoms with Gasteiger partial charge < -0.3 is 4.74 Å². The van der Waals surface area contributed by atoms with Gasteiger partial charge in [-0.2, -0.15) is 0 Å². The Bertz CT molecular complexity index is 880. The van der Waals surface area contributed by atoms with E-state index in [1.54, 1.807) is 0 Å². The largest absolute Gasteiger partial charge is 0.489 e. The summed E-state index contributed by atoms with van der Waals surface area (Å²) in [6.45, 7) is 4.72. The number of hydrogen-bond acceptors (Lipinski definition) is 3. The minimum atomic E-state index is 0.148. The lowest BCUT2D eigenvalue weighted by Gasteiger charge is -2.22. The first-order chi connectivity index (χ1) is 11.7. The van der Waals surface area contributed by atoms with Crippen LogP contribution in [-0.4, -0.2) is 22.5 Å². The van der Waals surface area contributed by atoms with Gasteiger partial charge in [-0.1, -0.05) is 23.7 Å². The number of aromatic nitrogens is 1. The van der Waals surface area contributed by atoms with E-state index in [1.165, 1.54) is 10.9 Å². The third-order valence-electron chi connectivity index (χ3n) is 4.33. The molecule has 24 heavy (non-hydrogen) atoms. The Labute approximate surface area is 146 Å². The molecule has 1 aromatic heterocycles. The highest BCUT2D eigenvalue weighted by Crippen LogP contribution is 2.28. The molecule has 0 saturated carbocycles. The first kappa shape index (κ1) is 15.4. The molecule has 3 aromatic rings. The zero-order valence-corrected chi connectivity index (χ0v) is 14.3. The molecule has 3 nitrogen and oxygen atoms in total.